The molecular formula is C16H22N2O3. The fourth-order valence-corrected chi connectivity index (χ4v) is 2.60. The average molecular weight is 290 g/mol. The van der Waals surface area contributed by atoms with Crippen molar-refractivity contribution in [2.75, 3.05) is 13.7 Å². The number of hydrogen-bond donors (Lipinski definition) is 1. The number of benzene rings is 1. The molecule has 1 aromatic carbocycles. The van der Waals surface area contributed by atoms with Crippen molar-refractivity contribution >= 4 is 17.0 Å². The molecule has 1 unspecified atom stereocenters. The van der Waals surface area contributed by atoms with E-state index in [1.807, 2.05) is 0 Å². The third-order valence-corrected chi connectivity index (χ3v) is 3.68. The summed E-state index contributed by atoms with van der Waals surface area (Å²) in [7, 11) is 1.68. The van der Waals surface area contributed by atoms with Crippen LogP contribution in [0.15, 0.2) is 18.2 Å². The number of aromatic carboxylic acids is 1. The fraction of sp³-hybridized carbons (Fsp3) is 0.500. The number of hydrogen-bond acceptors (Lipinski definition) is 3. The Morgan fingerprint density at radius 2 is 2.14 bits per heavy atom. The topological polar surface area (TPSA) is 64.4 Å². The summed E-state index contributed by atoms with van der Waals surface area (Å²) in [6.45, 7) is 6.87. The van der Waals surface area contributed by atoms with Crippen LogP contribution in [0.25, 0.3) is 11.0 Å². The van der Waals surface area contributed by atoms with E-state index in [9.17, 15) is 9.90 Å². The molecule has 0 fully saturated rings. The van der Waals surface area contributed by atoms with Gasteiger partial charge in [0.05, 0.1) is 29.2 Å². The minimum Gasteiger partial charge on any atom is -0.478 e. The zero-order valence-electron chi connectivity index (χ0n) is 13.0. The van der Waals surface area contributed by atoms with Crippen molar-refractivity contribution < 1.29 is 14.6 Å². The summed E-state index contributed by atoms with van der Waals surface area (Å²) in [5.74, 6) is 0.309. The Balaban J connectivity index is 2.69. The van der Waals surface area contributed by atoms with E-state index in [0.717, 1.165) is 23.3 Å². The highest BCUT2D eigenvalue weighted by Gasteiger charge is 2.20. The number of methoxy groups -OCH3 is 1. The number of aromatic nitrogens is 2. The van der Waals surface area contributed by atoms with E-state index >= 15 is 0 Å². The minimum absolute atomic E-state index is 0.154. The largest absolute Gasteiger partial charge is 0.478 e. The molecule has 0 radical (unpaired) electrons. The summed E-state index contributed by atoms with van der Waals surface area (Å²) in [5.41, 5.74) is 1.98. The molecule has 1 aromatic heterocycles. The van der Waals surface area contributed by atoms with Gasteiger partial charge in [-0.2, -0.15) is 0 Å². The molecule has 0 amide bonds. The molecule has 1 heterocycles. The maximum Gasteiger partial charge on any atom is 0.335 e. The molecule has 0 spiro atoms. The maximum absolute atomic E-state index is 11.2. The van der Waals surface area contributed by atoms with Crippen molar-refractivity contribution in [3.8, 4) is 0 Å². The first kappa shape index (κ1) is 15.5. The lowest BCUT2D eigenvalue weighted by Gasteiger charge is -2.21. The molecule has 0 aliphatic rings. The number of ether oxygens (including phenoxy) is 1. The van der Waals surface area contributed by atoms with Gasteiger partial charge in [-0.05, 0) is 24.6 Å². The number of imidazole rings is 1. The predicted molar refractivity (Wildman–Crippen MR) is 82.0 cm³/mol. The second kappa shape index (κ2) is 6.26. The van der Waals surface area contributed by atoms with Gasteiger partial charge in [0.1, 0.15) is 5.82 Å². The lowest BCUT2D eigenvalue weighted by atomic mass is 10.1. The Morgan fingerprint density at radius 3 is 2.67 bits per heavy atom. The highest BCUT2D eigenvalue weighted by atomic mass is 16.5. The standard InChI is InChI=1S/C16H22N2O3/c1-5-12(9-21-4)18-14-8-11(16(19)20)6-7-13(14)17-15(18)10(2)3/h6-8,10,12H,5,9H2,1-4H3,(H,19,20). The second-order valence-corrected chi connectivity index (χ2v) is 5.52. The van der Waals surface area contributed by atoms with Crippen molar-refractivity contribution in [2.24, 2.45) is 0 Å². The van der Waals surface area contributed by atoms with E-state index < -0.39 is 5.97 Å². The van der Waals surface area contributed by atoms with E-state index in [2.05, 4.69) is 30.3 Å². The van der Waals surface area contributed by atoms with Gasteiger partial charge < -0.3 is 14.4 Å². The van der Waals surface area contributed by atoms with Crippen LogP contribution in [0, 0.1) is 0 Å². The molecule has 0 aliphatic heterocycles. The maximum atomic E-state index is 11.2. The van der Waals surface area contributed by atoms with Crippen LogP contribution in [-0.4, -0.2) is 34.3 Å². The molecule has 21 heavy (non-hydrogen) atoms. The number of nitrogens with zero attached hydrogens (tertiary/aromatic N) is 2. The zero-order chi connectivity index (χ0) is 15.6. The van der Waals surface area contributed by atoms with Gasteiger partial charge in [0.15, 0.2) is 0 Å². The quantitative estimate of drug-likeness (QED) is 0.885. The van der Waals surface area contributed by atoms with Gasteiger partial charge in [-0.1, -0.05) is 20.8 Å². The normalized spacial score (nSPS) is 13.0. The van der Waals surface area contributed by atoms with Crippen LogP contribution in [0.2, 0.25) is 0 Å². The average Bonchev–Trinajstić information content (AvgIpc) is 2.83. The Kier molecular flexibility index (Phi) is 4.63. The molecular weight excluding hydrogens is 268 g/mol. The van der Waals surface area contributed by atoms with Crippen molar-refractivity contribution in [3.05, 3.63) is 29.6 Å². The summed E-state index contributed by atoms with van der Waals surface area (Å²) in [6, 6.07) is 5.24. The van der Waals surface area contributed by atoms with E-state index in [1.165, 1.54) is 0 Å². The van der Waals surface area contributed by atoms with Crippen molar-refractivity contribution in [1.82, 2.24) is 9.55 Å². The van der Waals surface area contributed by atoms with Gasteiger partial charge in [0.25, 0.3) is 0 Å². The van der Waals surface area contributed by atoms with Crippen LogP contribution in [0.4, 0.5) is 0 Å². The van der Waals surface area contributed by atoms with Gasteiger partial charge in [-0.15, -0.1) is 0 Å². The number of rotatable bonds is 6. The van der Waals surface area contributed by atoms with Crippen LogP contribution in [0.1, 0.15) is 55.3 Å². The third kappa shape index (κ3) is 2.93. The molecule has 1 N–H and O–H groups in total. The van der Waals surface area contributed by atoms with Gasteiger partial charge in [-0.3, -0.25) is 0 Å². The zero-order valence-corrected chi connectivity index (χ0v) is 13.0. The smallest absolute Gasteiger partial charge is 0.335 e. The summed E-state index contributed by atoms with van der Waals surface area (Å²) >= 11 is 0. The Morgan fingerprint density at radius 1 is 1.43 bits per heavy atom. The summed E-state index contributed by atoms with van der Waals surface area (Å²) < 4.78 is 7.45. The van der Waals surface area contributed by atoms with Gasteiger partial charge in [0, 0.05) is 13.0 Å². The molecule has 5 heteroatoms. The van der Waals surface area contributed by atoms with Gasteiger partial charge in [0.2, 0.25) is 0 Å². The highest BCUT2D eigenvalue weighted by Crippen LogP contribution is 2.28. The Bertz CT molecular complexity index is 646. The van der Waals surface area contributed by atoms with Gasteiger partial charge in [-0.25, -0.2) is 9.78 Å². The molecule has 0 bridgehead atoms. The lowest BCUT2D eigenvalue weighted by molar-refractivity contribution is 0.0697. The summed E-state index contributed by atoms with van der Waals surface area (Å²) in [5, 5.41) is 9.20. The molecule has 1 atom stereocenters. The van der Waals surface area contributed by atoms with Crippen LogP contribution in [0.5, 0.6) is 0 Å². The fourth-order valence-electron chi connectivity index (χ4n) is 2.60. The van der Waals surface area contributed by atoms with Crippen molar-refractivity contribution in [3.63, 3.8) is 0 Å². The summed E-state index contributed by atoms with van der Waals surface area (Å²) in [6.07, 6.45) is 0.899. The number of fused-ring (bicyclic) bond motifs is 1. The predicted octanol–water partition coefficient (Wildman–Crippen LogP) is 3.46. The first-order valence-electron chi connectivity index (χ1n) is 7.23. The first-order chi connectivity index (χ1) is 9.99. The van der Waals surface area contributed by atoms with Gasteiger partial charge >= 0.3 is 5.97 Å². The molecule has 0 aliphatic carbocycles. The van der Waals surface area contributed by atoms with Crippen molar-refractivity contribution in [1.29, 1.82) is 0 Å². The number of carbonyl (C=O) groups is 1. The second-order valence-electron chi connectivity index (χ2n) is 5.52. The molecule has 2 aromatic rings. The Labute approximate surface area is 124 Å². The van der Waals surface area contributed by atoms with E-state index in [1.54, 1.807) is 25.3 Å². The minimum atomic E-state index is -0.921. The number of carboxylic acid groups (broad SMARTS) is 1. The SMILES string of the molecule is CCC(COC)n1c(C(C)C)nc2ccc(C(=O)O)cc21. The molecule has 5 nitrogen and oxygen atoms in total. The van der Waals surface area contributed by atoms with E-state index in [4.69, 9.17) is 4.74 Å². The molecule has 114 valence electrons. The molecule has 2 rings (SSSR count). The lowest BCUT2D eigenvalue weighted by Crippen LogP contribution is -2.17. The van der Waals surface area contributed by atoms with Crippen LogP contribution in [0.3, 0.4) is 0 Å². The highest BCUT2D eigenvalue weighted by molar-refractivity contribution is 5.92. The third-order valence-electron chi connectivity index (χ3n) is 3.68. The van der Waals surface area contributed by atoms with Crippen molar-refractivity contribution in [2.45, 2.75) is 39.2 Å². The monoisotopic (exact) mass is 290 g/mol. The van der Waals surface area contributed by atoms with E-state index in [-0.39, 0.29) is 17.5 Å². The van der Waals surface area contributed by atoms with Crippen LogP contribution < -0.4 is 0 Å². The first-order valence-corrected chi connectivity index (χ1v) is 7.23. The molecule has 0 saturated carbocycles. The van der Waals surface area contributed by atoms with E-state index in [0.29, 0.717) is 6.61 Å². The summed E-state index contributed by atoms with van der Waals surface area (Å²) in [4.78, 5) is 15.9. The Hall–Kier alpha value is -1.88. The van der Waals surface area contributed by atoms with Crippen LogP contribution in [-0.2, 0) is 4.74 Å². The van der Waals surface area contributed by atoms with Crippen LogP contribution >= 0.6 is 0 Å². The number of carboxylic acids is 1. The molecule has 0 saturated heterocycles.